The van der Waals surface area contributed by atoms with E-state index in [2.05, 4.69) is 10.5 Å². The van der Waals surface area contributed by atoms with Gasteiger partial charge in [-0.3, -0.25) is 9.10 Å². The van der Waals surface area contributed by atoms with Crippen molar-refractivity contribution in [1.82, 2.24) is 5.43 Å². The Kier molecular flexibility index (Phi) is 5.74. The minimum Gasteiger partial charge on any atom is -0.271 e. The number of thiophene rings is 1. The first-order chi connectivity index (χ1) is 11.3. The summed E-state index contributed by atoms with van der Waals surface area (Å²) in [6, 6.07) is 11.4. The molecule has 0 aliphatic carbocycles. The van der Waals surface area contributed by atoms with Crippen LogP contribution in [0.2, 0.25) is 0 Å². The van der Waals surface area contributed by atoms with Crippen LogP contribution in [0.15, 0.2) is 52.9 Å². The van der Waals surface area contributed by atoms with Gasteiger partial charge in [0.1, 0.15) is 6.04 Å². The lowest BCUT2D eigenvalue weighted by Crippen LogP contribution is -2.46. The molecule has 2 rings (SSSR count). The molecule has 128 valence electrons. The fourth-order valence-electron chi connectivity index (χ4n) is 2.16. The van der Waals surface area contributed by atoms with E-state index in [-0.39, 0.29) is 0 Å². The van der Waals surface area contributed by atoms with E-state index < -0.39 is 22.0 Å². The Morgan fingerprint density at radius 3 is 2.42 bits per heavy atom. The number of carbonyl (C=O) groups excluding carboxylic acids is 1. The highest BCUT2D eigenvalue weighted by Gasteiger charge is 2.28. The molecule has 0 saturated carbocycles. The quantitative estimate of drug-likeness (QED) is 0.631. The molecule has 1 N–H and O–H groups in total. The predicted molar refractivity (Wildman–Crippen MR) is 97.9 cm³/mol. The topological polar surface area (TPSA) is 78.8 Å². The number of nitrogens with zero attached hydrogens (tertiary/aromatic N) is 2. The summed E-state index contributed by atoms with van der Waals surface area (Å²) in [6.07, 6.45) is 1.07. The molecule has 0 aliphatic rings. The van der Waals surface area contributed by atoms with E-state index in [1.54, 1.807) is 37.3 Å². The molecular weight excluding hydrogens is 346 g/mol. The van der Waals surface area contributed by atoms with E-state index in [1.807, 2.05) is 17.5 Å². The number of hydrogen-bond donors (Lipinski definition) is 1. The molecule has 1 aromatic heterocycles. The van der Waals surface area contributed by atoms with Gasteiger partial charge in [0.15, 0.2) is 0 Å². The number of benzene rings is 1. The molecule has 0 unspecified atom stereocenters. The highest BCUT2D eigenvalue weighted by atomic mass is 32.2. The second-order valence-corrected chi connectivity index (χ2v) is 8.03. The fourth-order valence-corrected chi connectivity index (χ4v) is 4.01. The third kappa shape index (κ3) is 4.42. The van der Waals surface area contributed by atoms with E-state index in [0.29, 0.717) is 11.4 Å². The first kappa shape index (κ1) is 18.2. The molecule has 0 radical (unpaired) electrons. The van der Waals surface area contributed by atoms with Crippen LogP contribution in [0.3, 0.4) is 0 Å². The minimum absolute atomic E-state index is 0.432. The van der Waals surface area contributed by atoms with Crippen molar-refractivity contribution in [2.75, 3.05) is 10.6 Å². The molecule has 1 atom stereocenters. The van der Waals surface area contributed by atoms with Crippen molar-refractivity contribution < 1.29 is 13.2 Å². The van der Waals surface area contributed by atoms with Crippen LogP contribution in [0, 0.1) is 0 Å². The molecular formula is C16H19N3O3S2. The Bertz CT molecular complexity index is 816. The Hall–Kier alpha value is -2.19. The number of nitrogens with one attached hydrogen (secondary N) is 1. The van der Waals surface area contributed by atoms with Crippen LogP contribution in [0.4, 0.5) is 5.69 Å². The van der Waals surface area contributed by atoms with Gasteiger partial charge in [-0.05, 0) is 37.4 Å². The zero-order valence-electron chi connectivity index (χ0n) is 13.6. The molecule has 0 saturated heterocycles. The lowest BCUT2D eigenvalue weighted by atomic mass is 10.2. The van der Waals surface area contributed by atoms with Gasteiger partial charge in [0.2, 0.25) is 10.0 Å². The van der Waals surface area contributed by atoms with E-state index >= 15 is 0 Å². The highest BCUT2D eigenvalue weighted by Crippen LogP contribution is 2.20. The Morgan fingerprint density at radius 2 is 1.88 bits per heavy atom. The van der Waals surface area contributed by atoms with Crippen LogP contribution in [0.5, 0.6) is 0 Å². The van der Waals surface area contributed by atoms with Crippen molar-refractivity contribution >= 4 is 38.7 Å². The SMILES string of the molecule is C/C(=N/NC(=O)[C@@H](C)N(c1ccccc1)S(C)(=O)=O)c1cccs1. The van der Waals surface area contributed by atoms with Crippen LogP contribution in [-0.2, 0) is 14.8 Å². The Labute approximate surface area is 145 Å². The molecule has 0 bridgehead atoms. The molecule has 1 amide bonds. The van der Waals surface area contributed by atoms with Gasteiger partial charge in [0.05, 0.1) is 17.7 Å². The molecule has 0 aliphatic heterocycles. The lowest BCUT2D eigenvalue weighted by molar-refractivity contribution is -0.121. The summed E-state index contributed by atoms with van der Waals surface area (Å²) in [5.41, 5.74) is 3.54. The van der Waals surface area contributed by atoms with Gasteiger partial charge in [-0.1, -0.05) is 24.3 Å². The summed E-state index contributed by atoms with van der Waals surface area (Å²) in [7, 11) is -3.62. The van der Waals surface area contributed by atoms with Crippen LogP contribution < -0.4 is 9.73 Å². The third-order valence-electron chi connectivity index (χ3n) is 3.31. The minimum atomic E-state index is -3.62. The summed E-state index contributed by atoms with van der Waals surface area (Å²) >= 11 is 1.51. The predicted octanol–water partition coefficient (Wildman–Crippen LogP) is 2.44. The summed E-state index contributed by atoms with van der Waals surface area (Å²) in [6.45, 7) is 3.31. The zero-order chi connectivity index (χ0) is 17.7. The monoisotopic (exact) mass is 365 g/mol. The molecule has 1 heterocycles. The second-order valence-electron chi connectivity index (χ2n) is 5.22. The maximum Gasteiger partial charge on any atom is 0.263 e. The summed E-state index contributed by atoms with van der Waals surface area (Å²) in [5, 5.41) is 5.97. The normalized spacial score (nSPS) is 13.4. The van der Waals surface area contributed by atoms with Gasteiger partial charge in [-0.25, -0.2) is 13.8 Å². The first-order valence-corrected chi connectivity index (χ1v) is 9.96. The standard InChI is InChI=1S/C16H19N3O3S2/c1-12(15-10-7-11-23-15)17-18-16(20)13(2)19(24(3,21)22)14-8-5-4-6-9-14/h4-11,13H,1-3H3,(H,18,20)/b17-12-/t13-/m1/s1. The second kappa shape index (κ2) is 7.59. The number of anilines is 1. The van der Waals surface area contributed by atoms with Gasteiger partial charge >= 0.3 is 0 Å². The van der Waals surface area contributed by atoms with Gasteiger partial charge in [0.25, 0.3) is 5.91 Å². The number of carbonyl (C=O) groups is 1. The highest BCUT2D eigenvalue weighted by molar-refractivity contribution is 7.92. The van der Waals surface area contributed by atoms with E-state index in [1.165, 1.54) is 18.3 Å². The molecule has 8 heteroatoms. The van der Waals surface area contributed by atoms with Gasteiger partial charge in [0, 0.05) is 4.88 Å². The van der Waals surface area contributed by atoms with Crippen LogP contribution >= 0.6 is 11.3 Å². The number of para-hydroxylation sites is 1. The summed E-state index contributed by atoms with van der Waals surface area (Å²) < 4.78 is 25.3. The molecule has 0 fully saturated rings. The van der Waals surface area contributed by atoms with Gasteiger partial charge in [-0.2, -0.15) is 5.10 Å². The molecule has 6 nitrogen and oxygen atoms in total. The van der Waals surface area contributed by atoms with Crippen molar-refractivity contribution in [3.63, 3.8) is 0 Å². The first-order valence-electron chi connectivity index (χ1n) is 7.23. The number of hydrogen-bond acceptors (Lipinski definition) is 5. The van der Waals surface area contributed by atoms with Gasteiger partial charge < -0.3 is 0 Å². The molecule has 0 spiro atoms. The van der Waals surface area contributed by atoms with Crippen molar-refractivity contribution in [3.8, 4) is 0 Å². The van der Waals surface area contributed by atoms with E-state index in [0.717, 1.165) is 15.4 Å². The maximum atomic E-state index is 12.4. The molecule has 24 heavy (non-hydrogen) atoms. The average Bonchev–Trinajstić information content (AvgIpc) is 3.06. The molecule has 2 aromatic rings. The van der Waals surface area contributed by atoms with Crippen molar-refractivity contribution in [3.05, 3.63) is 52.7 Å². The van der Waals surface area contributed by atoms with E-state index in [4.69, 9.17) is 0 Å². The number of hydrazone groups is 1. The smallest absolute Gasteiger partial charge is 0.263 e. The van der Waals surface area contributed by atoms with Crippen molar-refractivity contribution in [1.29, 1.82) is 0 Å². The fraction of sp³-hybridized carbons (Fsp3) is 0.250. The number of rotatable bonds is 6. The van der Waals surface area contributed by atoms with Crippen LogP contribution in [0.25, 0.3) is 0 Å². The average molecular weight is 365 g/mol. The maximum absolute atomic E-state index is 12.4. The van der Waals surface area contributed by atoms with E-state index in [9.17, 15) is 13.2 Å². The largest absolute Gasteiger partial charge is 0.271 e. The Morgan fingerprint density at radius 1 is 1.21 bits per heavy atom. The summed E-state index contributed by atoms with van der Waals surface area (Å²) in [5.74, 6) is -0.500. The lowest BCUT2D eigenvalue weighted by Gasteiger charge is -2.27. The van der Waals surface area contributed by atoms with Crippen LogP contribution in [-0.4, -0.2) is 32.3 Å². The third-order valence-corrected chi connectivity index (χ3v) is 5.53. The number of amides is 1. The van der Waals surface area contributed by atoms with Gasteiger partial charge in [-0.15, -0.1) is 11.3 Å². The molecule has 1 aromatic carbocycles. The van der Waals surface area contributed by atoms with Crippen LogP contribution in [0.1, 0.15) is 18.7 Å². The summed E-state index contributed by atoms with van der Waals surface area (Å²) in [4.78, 5) is 13.3. The Balaban J connectivity index is 2.19. The zero-order valence-corrected chi connectivity index (χ0v) is 15.3. The number of sulfonamides is 1. The van der Waals surface area contributed by atoms with Crippen molar-refractivity contribution in [2.24, 2.45) is 5.10 Å². The van der Waals surface area contributed by atoms with Crippen molar-refractivity contribution in [2.45, 2.75) is 19.9 Å².